The van der Waals surface area contributed by atoms with Gasteiger partial charge in [-0.2, -0.15) is 0 Å². The number of hydrogen-bond acceptors (Lipinski definition) is 6. The summed E-state index contributed by atoms with van der Waals surface area (Å²) in [6.07, 6.45) is 44.2. The first kappa shape index (κ1) is 63.6. The van der Waals surface area contributed by atoms with Crippen LogP contribution in [-0.4, -0.2) is 63.7 Å². The van der Waals surface area contributed by atoms with Crippen LogP contribution in [0.1, 0.15) is 255 Å². The zero-order valence-corrected chi connectivity index (χ0v) is 48.0. The molecule has 0 unspecified atom stereocenters. The van der Waals surface area contributed by atoms with Crippen LogP contribution in [0.2, 0.25) is 0 Å². The van der Waals surface area contributed by atoms with E-state index in [1.165, 1.54) is 178 Å². The molecule has 4 aromatic carbocycles. The van der Waals surface area contributed by atoms with Crippen molar-refractivity contribution in [3.8, 4) is 0 Å². The number of rotatable bonds is 38. The molecule has 0 bridgehead atoms. The molecule has 4 aromatic rings. The summed E-state index contributed by atoms with van der Waals surface area (Å²) in [4.78, 5) is -0.114. The van der Waals surface area contributed by atoms with Crippen molar-refractivity contribution in [1.82, 2.24) is 0 Å². The Morgan fingerprint density at radius 1 is 0.304 bits per heavy atom. The standard InChI is InChI=1S/2C30H48O3S.Ca/c2*1-3-5-7-9-11-13-15-17-19-26-21-22-29-28(23-26)24-27(25-30(29)34(31,32)33)20-18-16-14-12-10-8-6-4-2;/h2*21-25H,3-20H2,1-2H3,(H,31,32,33);/q;;+2/p-2. The summed E-state index contributed by atoms with van der Waals surface area (Å²) >= 11 is 0. The van der Waals surface area contributed by atoms with E-state index in [-0.39, 0.29) is 47.5 Å². The smallest absolute Gasteiger partial charge is 0.744 e. The molecule has 6 nitrogen and oxygen atoms in total. The molecule has 4 rings (SSSR count). The van der Waals surface area contributed by atoms with Crippen LogP contribution in [0, 0.1) is 0 Å². The summed E-state index contributed by atoms with van der Waals surface area (Å²) in [5.74, 6) is 0. The van der Waals surface area contributed by atoms with Gasteiger partial charge >= 0.3 is 37.7 Å². The van der Waals surface area contributed by atoms with E-state index in [1.54, 1.807) is 12.1 Å². The second-order valence-electron chi connectivity index (χ2n) is 20.1. The second kappa shape index (κ2) is 38.1. The predicted molar refractivity (Wildman–Crippen MR) is 295 cm³/mol. The number of unbranched alkanes of at least 4 members (excludes halogenated alkanes) is 28. The van der Waals surface area contributed by atoms with E-state index in [1.807, 2.05) is 24.3 Å². The van der Waals surface area contributed by atoms with Crippen LogP contribution in [0.5, 0.6) is 0 Å². The zero-order valence-electron chi connectivity index (χ0n) is 44.2. The third-order valence-corrected chi connectivity index (χ3v) is 15.6. The molecule has 0 fully saturated rings. The van der Waals surface area contributed by atoms with Crippen molar-refractivity contribution in [2.24, 2.45) is 0 Å². The third-order valence-electron chi connectivity index (χ3n) is 13.9. The minimum absolute atomic E-state index is 0. The average molecular weight is 1020 g/mol. The van der Waals surface area contributed by atoms with Crippen LogP contribution in [-0.2, 0) is 45.9 Å². The van der Waals surface area contributed by atoms with Gasteiger partial charge in [-0.15, -0.1) is 0 Å². The molecule has 0 aliphatic carbocycles. The van der Waals surface area contributed by atoms with E-state index >= 15 is 0 Å². The SMILES string of the molecule is CCCCCCCCCCc1ccc2c(S(=O)(=O)[O-])cc(CCCCCCCCCC)cc2c1.CCCCCCCCCCc1ccc2c(S(=O)(=O)[O-])cc(CCCCCCCCCC)cc2c1.[Ca+2]. The second-order valence-corrected chi connectivity index (χ2v) is 22.8. The molecule has 384 valence electrons. The molecule has 0 aromatic heterocycles. The molecule has 0 atom stereocenters. The monoisotopic (exact) mass is 1010 g/mol. The minimum Gasteiger partial charge on any atom is -0.744 e. The van der Waals surface area contributed by atoms with Gasteiger partial charge in [0.1, 0.15) is 20.2 Å². The van der Waals surface area contributed by atoms with Crippen molar-refractivity contribution >= 4 is 79.5 Å². The molecule has 0 N–H and O–H groups in total. The van der Waals surface area contributed by atoms with Gasteiger partial charge in [0.2, 0.25) is 0 Å². The van der Waals surface area contributed by atoms with Gasteiger partial charge < -0.3 is 9.11 Å². The van der Waals surface area contributed by atoms with Gasteiger partial charge in [-0.25, -0.2) is 16.8 Å². The van der Waals surface area contributed by atoms with Gasteiger partial charge in [-0.1, -0.05) is 256 Å². The average Bonchev–Trinajstić information content (AvgIpc) is 3.31. The normalized spacial score (nSPS) is 11.8. The van der Waals surface area contributed by atoms with Gasteiger partial charge in [-0.3, -0.25) is 0 Å². The molecule has 69 heavy (non-hydrogen) atoms. The van der Waals surface area contributed by atoms with Crippen molar-refractivity contribution in [2.45, 2.75) is 269 Å². The van der Waals surface area contributed by atoms with Crippen molar-refractivity contribution in [3.05, 3.63) is 82.9 Å². The number of hydrogen-bond donors (Lipinski definition) is 0. The van der Waals surface area contributed by atoms with Crippen LogP contribution in [0.15, 0.2) is 70.5 Å². The van der Waals surface area contributed by atoms with Gasteiger partial charge in [-0.05, 0) is 107 Å². The minimum atomic E-state index is -4.50. The Morgan fingerprint density at radius 2 is 0.522 bits per heavy atom. The van der Waals surface area contributed by atoms with E-state index in [0.717, 1.165) is 86.1 Å². The first-order valence-electron chi connectivity index (χ1n) is 27.9. The third kappa shape index (κ3) is 27.4. The fourth-order valence-corrected chi connectivity index (χ4v) is 11.3. The number of fused-ring (bicyclic) bond motifs is 2. The molecule has 9 heteroatoms. The molecule has 0 radical (unpaired) electrons. The molecule has 0 aliphatic rings. The van der Waals surface area contributed by atoms with Gasteiger partial charge in [0.05, 0.1) is 9.79 Å². The topological polar surface area (TPSA) is 114 Å². The van der Waals surface area contributed by atoms with E-state index in [2.05, 4.69) is 52.0 Å². The van der Waals surface area contributed by atoms with Crippen LogP contribution >= 0.6 is 0 Å². The largest absolute Gasteiger partial charge is 2.00 e. The molecule has 0 saturated carbocycles. The summed E-state index contributed by atoms with van der Waals surface area (Å²) in [5.41, 5.74) is 4.41. The zero-order chi connectivity index (χ0) is 49.3. The summed E-state index contributed by atoms with van der Waals surface area (Å²) in [7, 11) is -8.99. The summed E-state index contributed by atoms with van der Waals surface area (Å²) in [6, 6.07) is 19.3. The molecule has 0 spiro atoms. The van der Waals surface area contributed by atoms with Crippen molar-refractivity contribution < 1.29 is 25.9 Å². The molecule has 0 aliphatic heterocycles. The van der Waals surface area contributed by atoms with Gasteiger partial charge in [0.25, 0.3) is 0 Å². The van der Waals surface area contributed by atoms with Gasteiger partial charge in [0, 0.05) is 0 Å². The Labute approximate surface area is 453 Å². The first-order valence-corrected chi connectivity index (χ1v) is 30.8. The molecule has 0 heterocycles. The van der Waals surface area contributed by atoms with Crippen LogP contribution in [0.3, 0.4) is 0 Å². The van der Waals surface area contributed by atoms with Crippen molar-refractivity contribution in [1.29, 1.82) is 0 Å². The first-order chi connectivity index (χ1) is 32.9. The Balaban J connectivity index is 0.000000467. The van der Waals surface area contributed by atoms with E-state index < -0.39 is 20.2 Å². The van der Waals surface area contributed by atoms with Crippen molar-refractivity contribution in [3.63, 3.8) is 0 Å². The summed E-state index contributed by atoms with van der Waals surface area (Å²) in [6.45, 7) is 8.97. The Kier molecular flexibility index (Phi) is 35.1. The fraction of sp³-hybridized carbons (Fsp3) is 0.667. The molecular weight excluding hydrogens is 921 g/mol. The molecule has 0 saturated heterocycles. The fourth-order valence-electron chi connectivity index (χ4n) is 9.75. The van der Waals surface area contributed by atoms with Gasteiger partial charge in [0.15, 0.2) is 0 Å². The molecular formula is C60H94CaO6S2. The Morgan fingerprint density at radius 3 is 0.768 bits per heavy atom. The maximum atomic E-state index is 12.0. The number of benzene rings is 4. The maximum Gasteiger partial charge on any atom is 2.00 e. The number of aryl methyl sites for hydroxylation is 4. The van der Waals surface area contributed by atoms with E-state index in [9.17, 15) is 25.9 Å². The van der Waals surface area contributed by atoms with Crippen molar-refractivity contribution in [2.75, 3.05) is 0 Å². The maximum absolute atomic E-state index is 12.0. The van der Waals surface area contributed by atoms with E-state index in [4.69, 9.17) is 0 Å². The van der Waals surface area contributed by atoms with Crippen LogP contribution in [0.25, 0.3) is 21.5 Å². The predicted octanol–water partition coefficient (Wildman–Crippen LogP) is 17.8. The van der Waals surface area contributed by atoms with Crippen LogP contribution < -0.4 is 0 Å². The molecule has 0 amide bonds. The quantitative estimate of drug-likeness (QED) is 0.0251. The Bertz CT molecular complexity index is 2020. The van der Waals surface area contributed by atoms with Crippen LogP contribution in [0.4, 0.5) is 0 Å². The Hall–Kier alpha value is -1.52. The summed E-state index contributed by atoms with van der Waals surface area (Å²) in [5, 5.41) is 2.91. The summed E-state index contributed by atoms with van der Waals surface area (Å²) < 4.78 is 71.8. The van der Waals surface area contributed by atoms with E-state index in [0.29, 0.717) is 10.8 Å².